The Morgan fingerprint density at radius 1 is 1.23 bits per heavy atom. The van der Waals surface area contributed by atoms with Crippen molar-refractivity contribution in [3.63, 3.8) is 0 Å². The van der Waals surface area contributed by atoms with Crippen LogP contribution in [0.4, 0.5) is 10.5 Å². The molecule has 10 heteroatoms. The Morgan fingerprint density at radius 3 is 2.45 bits per heavy atom. The van der Waals surface area contributed by atoms with E-state index in [9.17, 15) is 19.7 Å². The minimum absolute atomic E-state index is 0.00933. The number of carbonyl (C=O) groups is 2. The zero-order valence-electron chi connectivity index (χ0n) is 18.4. The first kappa shape index (κ1) is 24.9. The van der Waals surface area contributed by atoms with Crippen LogP contribution in [-0.4, -0.2) is 46.6 Å². The summed E-state index contributed by atoms with van der Waals surface area (Å²) in [5.41, 5.74) is 0.152. The van der Waals surface area contributed by atoms with E-state index < -0.39 is 23.4 Å². The zero-order chi connectivity index (χ0) is 23.3. The third-order valence-electron chi connectivity index (χ3n) is 5.86. The largest absolute Gasteiger partial charge is 0.457 e. The van der Waals surface area contributed by atoms with Gasteiger partial charge in [0.15, 0.2) is 11.5 Å². The number of Topliss-reactive ketones (excluding diaryl/α,β-unsaturated/α-hetero) is 1. The molecule has 2 rings (SSSR count). The minimum Gasteiger partial charge on any atom is -0.457 e. The summed E-state index contributed by atoms with van der Waals surface area (Å²) in [5, 5.41) is 11.6. The van der Waals surface area contributed by atoms with Crippen molar-refractivity contribution in [3.05, 3.63) is 33.9 Å². The average molecular weight is 457 g/mol. The molecule has 0 spiro atoms. The smallest absolute Gasteiger partial charge is 0.411 e. The molecule has 1 aliphatic rings. The highest BCUT2D eigenvalue weighted by atomic mass is 35.5. The Hall–Kier alpha value is -2.39. The molecule has 9 nitrogen and oxygen atoms in total. The number of hydrogen-bond acceptors (Lipinski definition) is 7. The first-order valence-electron chi connectivity index (χ1n) is 10.2. The monoisotopic (exact) mass is 456 g/mol. The number of carbonyl (C=O) groups excluding carboxylic acids is 2. The number of rotatable bonds is 8. The molecule has 1 aromatic rings. The first-order valence-corrected chi connectivity index (χ1v) is 10.7. The van der Waals surface area contributed by atoms with Crippen LogP contribution in [-0.2, 0) is 20.9 Å². The van der Waals surface area contributed by atoms with Crippen molar-refractivity contribution in [1.29, 1.82) is 0 Å². The fraction of sp³-hybridized carbons (Fsp3) is 0.619. The van der Waals surface area contributed by atoms with Gasteiger partial charge in [0.25, 0.3) is 0 Å². The van der Waals surface area contributed by atoms with E-state index in [0.29, 0.717) is 12.1 Å². The molecule has 1 aromatic carbocycles. The summed E-state index contributed by atoms with van der Waals surface area (Å²) in [5.74, 6) is -0.0353. The first-order chi connectivity index (χ1) is 14.6. The van der Waals surface area contributed by atoms with E-state index in [2.05, 4.69) is 0 Å². The molecular weight excluding hydrogens is 428 g/mol. The van der Waals surface area contributed by atoms with Crippen LogP contribution in [0.2, 0.25) is 0 Å². The fourth-order valence-electron chi connectivity index (χ4n) is 3.51. The molecule has 0 aliphatic carbocycles. The number of halogens is 1. The van der Waals surface area contributed by atoms with E-state index in [0.717, 1.165) is 0 Å². The van der Waals surface area contributed by atoms with Crippen LogP contribution >= 0.6 is 11.6 Å². The number of nitro groups is 1. The van der Waals surface area contributed by atoms with Gasteiger partial charge >= 0.3 is 11.8 Å². The predicted octanol–water partition coefficient (Wildman–Crippen LogP) is 4.35. The second kappa shape index (κ2) is 10.8. The Morgan fingerprint density at radius 2 is 1.90 bits per heavy atom. The molecule has 3 unspecified atom stereocenters. The van der Waals surface area contributed by atoms with E-state index >= 15 is 0 Å². The maximum atomic E-state index is 12.0. The lowest BCUT2D eigenvalue weighted by molar-refractivity contribution is -0.386. The van der Waals surface area contributed by atoms with E-state index in [4.69, 9.17) is 25.8 Å². The third-order valence-corrected chi connectivity index (χ3v) is 6.15. The van der Waals surface area contributed by atoms with Crippen LogP contribution in [0.15, 0.2) is 18.2 Å². The molecule has 0 N–H and O–H groups in total. The van der Waals surface area contributed by atoms with Crippen LogP contribution in [0.3, 0.4) is 0 Å². The maximum Gasteiger partial charge on any atom is 0.411 e. The maximum absolute atomic E-state index is 12.0. The Balaban J connectivity index is 2.18. The highest BCUT2D eigenvalue weighted by molar-refractivity contribution is 6.18. The van der Waals surface area contributed by atoms with E-state index in [1.165, 1.54) is 24.0 Å². The lowest BCUT2D eigenvalue weighted by Gasteiger charge is -2.42. The van der Waals surface area contributed by atoms with Crippen molar-refractivity contribution in [2.24, 2.45) is 17.8 Å². The summed E-state index contributed by atoms with van der Waals surface area (Å²) in [7, 11) is 0. The summed E-state index contributed by atoms with van der Waals surface area (Å²) >= 11 is 5.67. The Bertz CT molecular complexity index is 815. The number of nitrogens with zero attached hydrogens (tertiary/aromatic N) is 2. The van der Waals surface area contributed by atoms with Gasteiger partial charge in [-0.3, -0.25) is 19.8 Å². The molecule has 1 aliphatic heterocycles. The van der Waals surface area contributed by atoms with Gasteiger partial charge in [0, 0.05) is 18.5 Å². The number of amides is 1. The van der Waals surface area contributed by atoms with Crippen LogP contribution in [0, 0.1) is 27.9 Å². The van der Waals surface area contributed by atoms with Gasteiger partial charge in [-0.25, -0.2) is 4.79 Å². The number of ketones is 1. The number of nitro benzene ring substituents is 1. The number of alkyl halides is 1. The quantitative estimate of drug-likeness (QED) is 0.247. The molecule has 1 fully saturated rings. The molecular formula is C21H29ClN2O7. The van der Waals surface area contributed by atoms with Crippen LogP contribution in [0.25, 0.3) is 0 Å². The Kier molecular flexibility index (Phi) is 8.64. The number of ether oxygens (including phenoxy) is 3. The van der Waals surface area contributed by atoms with Crippen LogP contribution < -0.4 is 4.74 Å². The summed E-state index contributed by atoms with van der Waals surface area (Å²) < 4.78 is 16.9. The second-order valence-corrected chi connectivity index (χ2v) is 8.06. The Labute approximate surface area is 186 Å². The van der Waals surface area contributed by atoms with E-state index in [1.807, 2.05) is 20.8 Å². The molecule has 1 saturated heterocycles. The SMILES string of the molecule is CCN(CCl)C(=O)OCc1ccc(OC2OC(C(C)=O)C(C)[C@H](C)[C@@H]2C)c([N+](=O)[O-])c1. The molecule has 0 saturated carbocycles. The van der Waals surface area contributed by atoms with Crippen molar-refractivity contribution in [2.75, 3.05) is 12.5 Å². The lowest BCUT2D eigenvalue weighted by atomic mass is 9.78. The zero-order valence-corrected chi connectivity index (χ0v) is 19.1. The number of hydrogen-bond donors (Lipinski definition) is 0. The van der Waals surface area contributed by atoms with E-state index in [1.54, 1.807) is 13.0 Å². The van der Waals surface area contributed by atoms with Crippen LogP contribution in [0.1, 0.15) is 40.2 Å². The van der Waals surface area contributed by atoms with Crippen molar-refractivity contribution in [1.82, 2.24) is 4.90 Å². The molecule has 0 bridgehead atoms. The molecule has 0 aromatic heterocycles. The fourth-order valence-corrected chi connectivity index (χ4v) is 3.78. The van der Waals surface area contributed by atoms with Gasteiger partial charge in [-0.05, 0) is 37.3 Å². The second-order valence-electron chi connectivity index (χ2n) is 7.82. The normalized spacial score (nSPS) is 25.5. The predicted molar refractivity (Wildman–Crippen MR) is 114 cm³/mol. The molecule has 172 valence electrons. The molecule has 1 amide bonds. The van der Waals surface area contributed by atoms with Crippen molar-refractivity contribution < 1.29 is 28.7 Å². The highest BCUT2D eigenvalue weighted by Crippen LogP contribution is 2.38. The summed E-state index contributed by atoms with van der Waals surface area (Å²) in [4.78, 5) is 36.2. The molecule has 1 heterocycles. The van der Waals surface area contributed by atoms with E-state index in [-0.39, 0.29) is 47.6 Å². The van der Waals surface area contributed by atoms with Gasteiger partial charge in [0.05, 0.1) is 10.9 Å². The van der Waals surface area contributed by atoms with Gasteiger partial charge in [-0.1, -0.05) is 26.8 Å². The van der Waals surface area contributed by atoms with Gasteiger partial charge in [0.2, 0.25) is 6.29 Å². The summed E-state index contributed by atoms with van der Waals surface area (Å²) in [6.07, 6.45) is -2.04. The van der Waals surface area contributed by atoms with Crippen molar-refractivity contribution >= 4 is 29.2 Å². The highest BCUT2D eigenvalue weighted by Gasteiger charge is 2.42. The van der Waals surface area contributed by atoms with Gasteiger partial charge in [-0.15, -0.1) is 11.6 Å². The average Bonchev–Trinajstić information content (AvgIpc) is 2.73. The summed E-state index contributed by atoms with van der Waals surface area (Å²) in [6.45, 7) is 9.34. The third kappa shape index (κ3) is 5.86. The van der Waals surface area contributed by atoms with Gasteiger partial charge in [-0.2, -0.15) is 0 Å². The standard InChI is InChI=1S/C21H29ClN2O7/c1-6-23(11-22)21(26)29-10-16-7-8-18(17(9-16)24(27)28)30-20-14(4)12(2)13(3)19(31-20)15(5)25/h7-9,12-14,19-20H,6,10-11H2,1-5H3/t12-,13?,14-,19?,20?/m0/s1. The minimum atomic E-state index is -0.802. The topological polar surface area (TPSA) is 108 Å². The van der Waals surface area contributed by atoms with Crippen molar-refractivity contribution in [3.8, 4) is 5.75 Å². The molecule has 31 heavy (non-hydrogen) atoms. The molecule has 0 radical (unpaired) electrons. The number of benzene rings is 1. The van der Waals surface area contributed by atoms with Gasteiger partial charge < -0.3 is 14.2 Å². The summed E-state index contributed by atoms with van der Waals surface area (Å²) in [6, 6.07) is 4.30. The lowest BCUT2D eigenvalue weighted by Crippen LogP contribution is -2.49. The van der Waals surface area contributed by atoms with Gasteiger partial charge in [0.1, 0.15) is 12.7 Å². The van der Waals surface area contributed by atoms with Crippen molar-refractivity contribution in [2.45, 2.75) is 53.6 Å². The molecule has 5 atom stereocenters. The van der Waals surface area contributed by atoms with Crippen LogP contribution in [0.5, 0.6) is 5.75 Å².